The molecule has 2 amide bonds. The van der Waals surface area contributed by atoms with E-state index in [0.29, 0.717) is 25.7 Å². The molecule has 2 N–H and O–H groups in total. The van der Waals surface area contributed by atoms with E-state index in [-0.39, 0.29) is 28.0 Å². The number of nitrogens with one attached hydrogen (secondary N) is 1. The molecule has 9 heteroatoms. The van der Waals surface area contributed by atoms with E-state index in [1.165, 1.54) is 18.2 Å². The van der Waals surface area contributed by atoms with Crippen LogP contribution in [0.4, 0.5) is 0 Å². The minimum Gasteiger partial charge on any atom is -0.481 e. The lowest BCUT2D eigenvalue weighted by molar-refractivity contribution is -0.142. The molecule has 0 saturated heterocycles. The molecule has 0 atom stereocenters. The van der Waals surface area contributed by atoms with Gasteiger partial charge in [0.05, 0.1) is 11.5 Å². The van der Waals surface area contributed by atoms with Crippen LogP contribution < -0.4 is 5.32 Å². The van der Waals surface area contributed by atoms with Crippen LogP contribution in [-0.4, -0.2) is 47.7 Å². The van der Waals surface area contributed by atoms with Gasteiger partial charge in [-0.05, 0) is 57.7 Å². The van der Waals surface area contributed by atoms with Crippen LogP contribution >= 0.6 is 0 Å². The molecule has 3 rings (SSSR count). The van der Waals surface area contributed by atoms with Crippen LogP contribution in [0, 0.1) is 5.92 Å². The molecule has 2 aliphatic rings. The van der Waals surface area contributed by atoms with Crippen LogP contribution in [0.2, 0.25) is 0 Å². The fraction of sp³-hybridized carbons (Fsp3) is 0.500. The minimum absolute atomic E-state index is 0.0715. The van der Waals surface area contributed by atoms with Gasteiger partial charge in [0.15, 0.2) is 0 Å². The number of carbonyl (C=O) groups excluding carboxylic acids is 2. The fourth-order valence-corrected chi connectivity index (χ4v) is 5.45. The maximum absolute atomic E-state index is 12.6. The van der Waals surface area contributed by atoms with Crippen molar-refractivity contribution in [2.24, 2.45) is 5.92 Å². The number of fused-ring (bicyclic) bond motifs is 1. The molecule has 0 aromatic heterocycles. The monoisotopic (exact) mass is 394 g/mol. The van der Waals surface area contributed by atoms with Crippen molar-refractivity contribution in [3.05, 3.63) is 29.3 Å². The number of nitrogens with zero attached hydrogens (tertiary/aromatic N) is 1. The fourth-order valence-electron chi connectivity index (χ4n) is 3.65. The van der Waals surface area contributed by atoms with Gasteiger partial charge < -0.3 is 10.4 Å². The van der Waals surface area contributed by atoms with Crippen LogP contribution in [0.1, 0.15) is 60.2 Å². The van der Waals surface area contributed by atoms with E-state index in [0.717, 1.165) is 4.31 Å². The van der Waals surface area contributed by atoms with E-state index in [1.807, 2.05) is 0 Å². The molecule has 1 fully saturated rings. The summed E-state index contributed by atoms with van der Waals surface area (Å²) in [5, 5.41) is 11.9. The molecule has 1 aliphatic heterocycles. The molecular weight excluding hydrogens is 372 g/mol. The SMILES string of the molecule is CC(C)N1C(=O)c2ccc(C(=O)NC3CCC(C(=O)O)CC3)cc2S1(=O)=O. The highest BCUT2D eigenvalue weighted by molar-refractivity contribution is 7.90. The van der Waals surface area contributed by atoms with Gasteiger partial charge in [0.25, 0.3) is 21.8 Å². The first-order valence-corrected chi connectivity index (χ1v) is 10.3. The third-order valence-corrected chi connectivity index (χ3v) is 7.09. The molecule has 0 bridgehead atoms. The Balaban J connectivity index is 1.77. The van der Waals surface area contributed by atoms with E-state index in [2.05, 4.69) is 5.32 Å². The summed E-state index contributed by atoms with van der Waals surface area (Å²) < 4.78 is 26.1. The van der Waals surface area contributed by atoms with E-state index in [4.69, 9.17) is 5.11 Å². The summed E-state index contributed by atoms with van der Waals surface area (Å²) in [5.41, 5.74) is 0.235. The first-order chi connectivity index (χ1) is 12.6. The number of rotatable bonds is 4. The molecule has 27 heavy (non-hydrogen) atoms. The third kappa shape index (κ3) is 3.43. The van der Waals surface area contributed by atoms with E-state index in [9.17, 15) is 22.8 Å². The summed E-state index contributed by atoms with van der Waals surface area (Å²) in [6.45, 7) is 3.23. The first kappa shape index (κ1) is 19.3. The van der Waals surface area contributed by atoms with Crippen molar-refractivity contribution >= 4 is 27.8 Å². The predicted octanol–water partition coefficient (Wildman–Crippen LogP) is 1.61. The Morgan fingerprint density at radius 2 is 1.81 bits per heavy atom. The molecule has 1 aromatic rings. The van der Waals surface area contributed by atoms with Crippen LogP contribution in [-0.2, 0) is 14.8 Å². The molecule has 1 heterocycles. The van der Waals surface area contributed by atoms with Crippen molar-refractivity contribution in [2.75, 3.05) is 0 Å². The van der Waals surface area contributed by atoms with Crippen molar-refractivity contribution in [1.29, 1.82) is 0 Å². The van der Waals surface area contributed by atoms with Gasteiger partial charge in [-0.3, -0.25) is 14.4 Å². The number of carbonyl (C=O) groups is 3. The van der Waals surface area contributed by atoms with Gasteiger partial charge in [0, 0.05) is 17.6 Å². The number of carboxylic acid groups (broad SMARTS) is 1. The van der Waals surface area contributed by atoms with Crippen LogP contribution in [0.5, 0.6) is 0 Å². The van der Waals surface area contributed by atoms with Crippen molar-refractivity contribution < 1.29 is 27.9 Å². The van der Waals surface area contributed by atoms with Crippen LogP contribution in [0.15, 0.2) is 23.1 Å². The zero-order valence-electron chi connectivity index (χ0n) is 15.1. The van der Waals surface area contributed by atoms with Gasteiger partial charge in [0.2, 0.25) is 0 Å². The molecule has 146 valence electrons. The first-order valence-electron chi connectivity index (χ1n) is 8.89. The summed E-state index contributed by atoms with van der Waals surface area (Å²) in [4.78, 5) is 35.7. The van der Waals surface area contributed by atoms with E-state index < -0.39 is 33.8 Å². The number of amides is 2. The Labute approximate surface area is 157 Å². The topological polar surface area (TPSA) is 121 Å². The second-order valence-electron chi connectivity index (χ2n) is 7.27. The molecule has 0 unspecified atom stereocenters. The second-order valence-corrected chi connectivity index (χ2v) is 9.05. The lowest BCUT2D eigenvalue weighted by atomic mass is 9.86. The average molecular weight is 394 g/mol. The largest absolute Gasteiger partial charge is 0.481 e. The normalized spacial score (nSPS) is 24.0. The molecule has 0 radical (unpaired) electrons. The van der Waals surface area contributed by atoms with Gasteiger partial charge >= 0.3 is 5.97 Å². The number of benzene rings is 1. The molecule has 8 nitrogen and oxygen atoms in total. The quantitative estimate of drug-likeness (QED) is 0.800. The lowest BCUT2D eigenvalue weighted by Gasteiger charge is -2.26. The van der Waals surface area contributed by atoms with Gasteiger partial charge in [-0.1, -0.05) is 0 Å². The van der Waals surface area contributed by atoms with Gasteiger partial charge in [0.1, 0.15) is 4.90 Å². The van der Waals surface area contributed by atoms with Crippen LogP contribution in [0.25, 0.3) is 0 Å². The zero-order valence-corrected chi connectivity index (χ0v) is 16.0. The Morgan fingerprint density at radius 1 is 1.19 bits per heavy atom. The highest BCUT2D eigenvalue weighted by atomic mass is 32.2. The highest BCUT2D eigenvalue weighted by Gasteiger charge is 2.43. The van der Waals surface area contributed by atoms with Crippen molar-refractivity contribution in [3.8, 4) is 0 Å². The predicted molar refractivity (Wildman–Crippen MR) is 95.8 cm³/mol. The Morgan fingerprint density at radius 3 is 2.37 bits per heavy atom. The highest BCUT2D eigenvalue weighted by Crippen LogP contribution is 2.32. The van der Waals surface area contributed by atoms with Crippen LogP contribution in [0.3, 0.4) is 0 Å². The minimum atomic E-state index is -3.96. The Bertz CT molecular complexity index is 900. The van der Waals surface area contributed by atoms with Gasteiger partial charge in [-0.25, -0.2) is 12.7 Å². The average Bonchev–Trinajstić information content (AvgIpc) is 2.81. The molecule has 0 spiro atoms. The molecule has 1 aliphatic carbocycles. The molecular formula is C18H22N2O6S. The Kier molecular flexibility index (Phi) is 4.98. The number of hydrogen-bond donors (Lipinski definition) is 2. The number of hydrogen-bond acceptors (Lipinski definition) is 5. The summed E-state index contributed by atoms with van der Waals surface area (Å²) in [6.07, 6.45) is 2.12. The summed E-state index contributed by atoms with van der Waals surface area (Å²) in [6, 6.07) is 3.38. The smallest absolute Gasteiger partial charge is 0.306 e. The zero-order chi connectivity index (χ0) is 19.9. The maximum atomic E-state index is 12.6. The standard InChI is InChI=1S/C18H22N2O6S/c1-10(2)20-17(22)14-8-5-12(9-15(14)27(20,25)26)16(21)19-13-6-3-11(4-7-13)18(23)24/h5,8-11,13H,3-4,6-7H2,1-2H3,(H,19,21)(H,23,24). The number of sulfonamides is 1. The van der Waals surface area contributed by atoms with Gasteiger partial charge in [-0.2, -0.15) is 0 Å². The Hall–Kier alpha value is -2.42. The molecule has 1 aromatic carbocycles. The maximum Gasteiger partial charge on any atom is 0.306 e. The third-order valence-electron chi connectivity index (χ3n) is 5.09. The number of aliphatic carboxylic acids is 1. The summed E-state index contributed by atoms with van der Waals surface area (Å²) >= 11 is 0. The van der Waals surface area contributed by atoms with E-state index in [1.54, 1.807) is 13.8 Å². The lowest BCUT2D eigenvalue weighted by Crippen LogP contribution is -2.38. The van der Waals surface area contributed by atoms with Gasteiger partial charge in [-0.15, -0.1) is 0 Å². The number of carboxylic acids is 1. The van der Waals surface area contributed by atoms with Crippen molar-refractivity contribution in [3.63, 3.8) is 0 Å². The van der Waals surface area contributed by atoms with Crippen molar-refractivity contribution in [1.82, 2.24) is 9.62 Å². The van der Waals surface area contributed by atoms with Crippen molar-refractivity contribution in [2.45, 2.75) is 56.5 Å². The van der Waals surface area contributed by atoms with E-state index >= 15 is 0 Å². The second kappa shape index (κ2) is 6.95. The molecule has 1 saturated carbocycles. The summed E-state index contributed by atoms with van der Waals surface area (Å²) in [7, 11) is -3.96. The summed E-state index contributed by atoms with van der Waals surface area (Å²) in [5.74, 6) is -2.21.